The smallest absolute Gasteiger partial charge is 0.364 e. The van der Waals surface area contributed by atoms with E-state index < -0.39 is 35.1 Å². The fraction of sp³-hybridized carbons (Fsp3) is 0.519. The molecule has 2 aliphatic rings. The fourth-order valence-corrected chi connectivity index (χ4v) is 5.14. The van der Waals surface area contributed by atoms with E-state index in [1.165, 1.54) is 19.1 Å². The summed E-state index contributed by atoms with van der Waals surface area (Å²) in [5.74, 6) is -1.28. The summed E-state index contributed by atoms with van der Waals surface area (Å²) >= 11 is 0. The fourth-order valence-electron chi connectivity index (χ4n) is 5.14. The van der Waals surface area contributed by atoms with Crippen molar-refractivity contribution in [1.82, 2.24) is 10.2 Å². The monoisotopic (exact) mass is 510 g/mol. The molecule has 0 radical (unpaired) electrons. The van der Waals surface area contributed by atoms with Crippen LogP contribution in [0.25, 0.3) is 0 Å². The number of alkyl halides is 3. The minimum Gasteiger partial charge on any atom is -0.364 e. The van der Waals surface area contributed by atoms with Crippen LogP contribution >= 0.6 is 0 Å². The molecule has 2 saturated heterocycles. The Morgan fingerprint density at radius 3 is 2.31 bits per heavy atom. The Balaban J connectivity index is 1.30. The van der Waals surface area contributed by atoms with Crippen molar-refractivity contribution in [2.75, 3.05) is 19.7 Å². The lowest BCUT2D eigenvalue weighted by Gasteiger charge is -2.43. The van der Waals surface area contributed by atoms with Gasteiger partial charge in [0.05, 0.1) is 18.2 Å². The molecule has 1 N–H and O–H groups in total. The Morgan fingerprint density at radius 1 is 1.06 bits per heavy atom. The van der Waals surface area contributed by atoms with Gasteiger partial charge in [-0.1, -0.05) is 12.1 Å². The highest BCUT2D eigenvalue weighted by Crippen LogP contribution is 2.34. The summed E-state index contributed by atoms with van der Waals surface area (Å²) in [7, 11) is 0. The van der Waals surface area contributed by atoms with Crippen molar-refractivity contribution >= 4 is 5.91 Å². The maximum absolute atomic E-state index is 13.8. The van der Waals surface area contributed by atoms with Gasteiger partial charge < -0.3 is 10.1 Å². The summed E-state index contributed by atoms with van der Waals surface area (Å²) in [5, 5.41) is 2.70. The Labute approximate surface area is 207 Å². The van der Waals surface area contributed by atoms with E-state index in [4.69, 9.17) is 4.74 Å². The second kappa shape index (κ2) is 10.5. The lowest BCUT2D eigenvalue weighted by Crippen LogP contribution is -2.55. The van der Waals surface area contributed by atoms with Crippen LogP contribution in [0.2, 0.25) is 0 Å². The molecule has 36 heavy (non-hydrogen) atoms. The van der Waals surface area contributed by atoms with Gasteiger partial charge in [-0.3, -0.25) is 9.69 Å². The van der Waals surface area contributed by atoms with Gasteiger partial charge in [0, 0.05) is 6.04 Å². The molecule has 9 heteroatoms. The Morgan fingerprint density at radius 2 is 1.72 bits per heavy atom. The van der Waals surface area contributed by atoms with Gasteiger partial charge >= 0.3 is 6.18 Å². The number of hydrogen-bond donors (Lipinski definition) is 1. The first-order valence-corrected chi connectivity index (χ1v) is 12.3. The minimum absolute atomic E-state index is 0.0389. The summed E-state index contributed by atoms with van der Waals surface area (Å²) in [4.78, 5) is 15.4. The molecular weight excluding hydrogens is 479 g/mol. The third kappa shape index (κ3) is 6.06. The van der Waals surface area contributed by atoms with Crippen molar-refractivity contribution < 1.29 is 31.5 Å². The van der Waals surface area contributed by atoms with E-state index in [-0.39, 0.29) is 17.4 Å². The van der Waals surface area contributed by atoms with Gasteiger partial charge in [0.1, 0.15) is 17.2 Å². The number of amides is 1. The predicted molar refractivity (Wildman–Crippen MR) is 125 cm³/mol. The molecule has 2 aromatic rings. The Hall–Kier alpha value is -2.52. The molecule has 0 spiro atoms. The number of halogens is 5. The standard InChI is InChI=1S/C27H31F5N2O2/c1-17(20-13-21(27(30,31)32)15-23(29)14-20)33-25(35)26(2)10-7-24(16-36-26)34-11-8-19(9-12-34)18-3-5-22(28)6-4-18/h3-6,13-15,17,19,24H,7-12,16H2,1-2H3,(H,33,35)/t17-,24-,26-/m1/s1. The Kier molecular flexibility index (Phi) is 7.71. The third-order valence-corrected chi connectivity index (χ3v) is 7.51. The van der Waals surface area contributed by atoms with E-state index in [1.54, 1.807) is 6.92 Å². The van der Waals surface area contributed by atoms with Crippen LogP contribution in [0.3, 0.4) is 0 Å². The second-order valence-corrected chi connectivity index (χ2v) is 10.1. The molecule has 3 atom stereocenters. The summed E-state index contributed by atoms with van der Waals surface area (Å²) < 4.78 is 72.1. The number of rotatable bonds is 5. The molecule has 1 amide bonds. The van der Waals surface area contributed by atoms with Crippen LogP contribution in [-0.2, 0) is 15.7 Å². The van der Waals surface area contributed by atoms with Crippen molar-refractivity contribution in [2.24, 2.45) is 0 Å². The van der Waals surface area contributed by atoms with E-state index in [2.05, 4.69) is 10.2 Å². The van der Waals surface area contributed by atoms with Crippen LogP contribution in [0.1, 0.15) is 68.2 Å². The van der Waals surface area contributed by atoms with Crippen LogP contribution in [-0.4, -0.2) is 42.1 Å². The highest BCUT2D eigenvalue weighted by Gasteiger charge is 2.41. The maximum Gasteiger partial charge on any atom is 0.416 e. The SMILES string of the molecule is C[C@@H](NC(=O)[C@@]1(C)CC[C@@H](N2CCC(c3ccc(F)cc3)CC2)CO1)c1cc(F)cc(C(F)(F)F)c1. The van der Waals surface area contributed by atoms with Crippen molar-refractivity contribution in [3.63, 3.8) is 0 Å². The highest BCUT2D eigenvalue weighted by molar-refractivity contribution is 5.85. The van der Waals surface area contributed by atoms with Gasteiger partial charge in [-0.15, -0.1) is 0 Å². The largest absolute Gasteiger partial charge is 0.416 e. The Bertz CT molecular complexity index is 1060. The zero-order valence-corrected chi connectivity index (χ0v) is 20.4. The molecular formula is C27H31F5N2O2. The average Bonchev–Trinajstić information content (AvgIpc) is 2.84. The van der Waals surface area contributed by atoms with E-state index in [1.807, 2.05) is 12.1 Å². The molecule has 0 aromatic heterocycles. The third-order valence-electron chi connectivity index (χ3n) is 7.51. The van der Waals surface area contributed by atoms with Crippen molar-refractivity contribution in [3.05, 3.63) is 70.8 Å². The number of carbonyl (C=O) groups excluding carboxylic acids is 1. The highest BCUT2D eigenvalue weighted by atomic mass is 19.4. The quantitative estimate of drug-likeness (QED) is 0.504. The first-order valence-electron chi connectivity index (χ1n) is 12.3. The molecule has 0 aliphatic carbocycles. The number of ether oxygens (including phenoxy) is 1. The topological polar surface area (TPSA) is 41.6 Å². The molecule has 4 rings (SSSR count). The molecule has 2 fully saturated rings. The molecule has 0 unspecified atom stereocenters. The van der Waals surface area contributed by atoms with E-state index in [0.29, 0.717) is 25.0 Å². The van der Waals surface area contributed by atoms with Crippen molar-refractivity contribution in [1.29, 1.82) is 0 Å². The lowest BCUT2D eigenvalue weighted by molar-refractivity contribution is -0.157. The van der Waals surface area contributed by atoms with E-state index in [9.17, 15) is 26.7 Å². The van der Waals surface area contributed by atoms with E-state index >= 15 is 0 Å². The lowest BCUT2D eigenvalue weighted by atomic mass is 9.87. The molecule has 196 valence electrons. The molecule has 2 heterocycles. The number of likely N-dealkylation sites (tertiary alicyclic amines) is 1. The normalized spacial score (nSPS) is 24.9. The average molecular weight is 511 g/mol. The van der Waals surface area contributed by atoms with Gasteiger partial charge in [-0.25, -0.2) is 8.78 Å². The second-order valence-electron chi connectivity index (χ2n) is 10.1. The van der Waals surface area contributed by atoms with Gasteiger partial charge in [0.2, 0.25) is 0 Å². The van der Waals surface area contributed by atoms with Crippen LogP contribution in [0.4, 0.5) is 22.0 Å². The zero-order chi connectivity index (χ0) is 26.1. The summed E-state index contributed by atoms with van der Waals surface area (Å²) in [6, 6.07) is 8.31. The van der Waals surface area contributed by atoms with Crippen molar-refractivity contribution in [2.45, 2.75) is 69.3 Å². The molecule has 0 saturated carbocycles. The number of piperidine rings is 1. The van der Waals surface area contributed by atoms with Crippen LogP contribution in [0.5, 0.6) is 0 Å². The summed E-state index contributed by atoms with van der Waals surface area (Å²) in [6.07, 6.45) is -1.54. The van der Waals surface area contributed by atoms with E-state index in [0.717, 1.165) is 50.0 Å². The number of benzene rings is 2. The number of carbonyl (C=O) groups is 1. The molecule has 4 nitrogen and oxygen atoms in total. The molecule has 2 aliphatic heterocycles. The number of nitrogens with one attached hydrogen (secondary N) is 1. The predicted octanol–water partition coefficient (Wildman–Crippen LogP) is 5.98. The summed E-state index contributed by atoms with van der Waals surface area (Å²) in [6.45, 7) is 5.35. The minimum atomic E-state index is -4.68. The van der Waals surface area contributed by atoms with Crippen molar-refractivity contribution in [3.8, 4) is 0 Å². The maximum atomic E-state index is 13.8. The first kappa shape index (κ1) is 26.5. The van der Waals surface area contributed by atoms with Gasteiger partial charge in [-0.05, 0) is 100.0 Å². The van der Waals surface area contributed by atoms with Crippen LogP contribution in [0, 0.1) is 11.6 Å². The zero-order valence-electron chi connectivity index (χ0n) is 20.4. The number of hydrogen-bond acceptors (Lipinski definition) is 3. The summed E-state index contributed by atoms with van der Waals surface area (Å²) in [5.41, 5.74) is -1.02. The van der Waals surface area contributed by atoms with Crippen LogP contribution in [0.15, 0.2) is 42.5 Å². The van der Waals surface area contributed by atoms with Gasteiger partial charge in [0.25, 0.3) is 5.91 Å². The van der Waals surface area contributed by atoms with Gasteiger partial charge in [-0.2, -0.15) is 13.2 Å². The first-order chi connectivity index (χ1) is 16.9. The number of nitrogens with zero attached hydrogens (tertiary/aromatic N) is 1. The van der Waals surface area contributed by atoms with Gasteiger partial charge in [0.15, 0.2) is 0 Å². The molecule has 2 aromatic carbocycles. The van der Waals surface area contributed by atoms with Crippen LogP contribution < -0.4 is 5.32 Å². The molecule has 0 bridgehead atoms.